The highest BCUT2D eigenvalue weighted by molar-refractivity contribution is 5.97. The Morgan fingerprint density at radius 3 is 2.65 bits per heavy atom. The van der Waals surface area contributed by atoms with Crippen molar-refractivity contribution in [3.63, 3.8) is 0 Å². The number of halogens is 1. The van der Waals surface area contributed by atoms with Gasteiger partial charge in [0, 0.05) is 30.4 Å². The third-order valence-corrected chi connectivity index (χ3v) is 3.51. The van der Waals surface area contributed by atoms with E-state index in [-0.39, 0.29) is 30.1 Å². The third-order valence-electron chi connectivity index (χ3n) is 3.51. The Kier molecular flexibility index (Phi) is 7.48. The summed E-state index contributed by atoms with van der Waals surface area (Å²) < 4.78 is 5.43. The highest BCUT2D eigenvalue weighted by atomic mass is 35.5. The molecule has 1 aromatic carbocycles. The molecule has 2 amide bonds. The molecule has 1 aliphatic rings. The summed E-state index contributed by atoms with van der Waals surface area (Å²) in [5, 5.41) is 8.82. The van der Waals surface area contributed by atoms with Gasteiger partial charge in [-0.1, -0.05) is 19.9 Å². The van der Waals surface area contributed by atoms with Gasteiger partial charge >= 0.3 is 0 Å². The van der Waals surface area contributed by atoms with Gasteiger partial charge in [0.05, 0.1) is 6.61 Å². The molecule has 1 saturated heterocycles. The van der Waals surface area contributed by atoms with E-state index in [9.17, 15) is 9.59 Å². The lowest BCUT2D eigenvalue weighted by atomic mass is 10.1. The quantitative estimate of drug-likeness (QED) is 0.782. The number of aryl methyl sites for hydroxylation is 1. The van der Waals surface area contributed by atoms with Crippen LogP contribution in [0.5, 0.6) is 0 Å². The molecule has 7 heteroatoms. The van der Waals surface area contributed by atoms with E-state index in [1.165, 1.54) is 0 Å². The number of carbonyl (C=O) groups is 2. The van der Waals surface area contributed by atoms with Crippen molar-refractivity contribution in [3.8, 4) is 0 Å². The number of hydrogen-bond donors (Lipinski definition) is 3. The average Bonchev–Trinajstić information content (AvgIpc) is 2.51. The Morgan fingerprint density at radius 1 is 1.30 bits per heavy atom. The predicted molar refractivity (Wildman–Crippen MR) is 93.1 cm³/mol. The van der Waals surface area contributed by atoms with Crippen LogP contribution in [0.3, 0.4) is 0 Å². The van der Waals surface area contributed by atoms with Crippen molar-refractivity contribution in [2.75, 3.05) is 30.3 Å². The number of benzene rings is 1. The molecule has 0 radical (unpaired) electrons. The molecule has 1 aromatic rings. The highest BCUT2D eigenvalue weighted by Gasteiger charge is 2.22. The second-order valence-corrected chi connectivity index (χ2v) is 5.73. The van der Waals surface area contributed by atoms with Crippen LogP contribution in [0, 0.1) is 12.8 Å². The van der Waals surface area contributed by atoms with Crippen LogP contribution in [-0.2, 0) is 14.3 Å². The maximum Gasteiger partial charge on any atom is 0.254 e. The zero-order valence-electron chi connectivity index (χ0n) is 13.6. The van der Waals surface area contributed by atoms with E-state index in [1.54, 1.807) is 6.07 Å². The minimum Gasteiger partial charge on any atom is -0.366 e. The van der Waals surface area contributed by atoms with Gasteiger partial charge in [-0.05, 0) is 24.6 Å². The largest absolute Gasteiger partial charge is 0.366 e. The van der Waals surface area contributed by atoms with Crippen molar-refractivity contribution in [1.29, 1.82) is 0 Å². The van der Waals surface area contributed by atoms with Gasteiger partial charge < -0.3 is 20.7 Å². The summed E-state index contributed by atoms with van der Waals surface area (Å²) in [7, 11) is 0. The van der Waals surface area contributed by atoms with E-state index in [0.717, 1.165) is 12.1 Å². The lowest BCUT2D eigenvalue weighted by Gasteiger charge is -2.23. The van der Waals surface area contributed by atoms with Crippen molar-refractivity contribution in [3.05, 3.63) is 23.8 Å². The molecule has 2 rings (SSSR count). The zero-order chi connectivity index (χ0) is 16.1. The summed E-state index contributed by atoms with van der Waals surface area (Å²) in [5.41, 5.74) is 2.28. The molecule has 6 nitrogen and oxygen atoms in total. The lowest BCUT2D eigenvalue weighted by Crippen LogP contribution is -2.45. The van der Waals surface area contributed by atoms with Crippen molar-refractivity contribution >= 4 is 35.6 Å². The molecule has 0 spiro atoms. The minimum absolute atomic E-state index is 0. The highest BCUT2D eigenvalue weighted by Crippen LogP contribution is 2.21. The number of nitrogens with one attached hydrogen (secondary N) is 3. The molecule has 0 aliphatic carbocycles. The molecule has 0 bridgehead atoms. The van der Waals surface area contributed by atoms with Gasteiger partial charge in [0.15, 0.2) is 0 Å². The number of ether oxygens (including phenoxy) is 1. The summed E-state index contributed by atoms with van der Waals surface area (Å²) in [6.07, 6.45) is -0.484. The van der Waals surface area contributed by atoms with Gasteiger partial charge in [0.1, 0.15) is 6.10 Å². The molecule has 1 atom stereocenters. The third kappa shape index (κ3) is 5.49. The van der Waals surface area contributed by atoms with Crippen molar-refractivity contribution in [2.45, 2.75) is 26.9 Å². The molecule has 3 N–H and O–H groups in total. The topological polar surface area (TPSA) is 79.5 Å². The molecule has 1 unspecified atom stereocenters. The molecule has 1 fully saturated rings. The van der Waals surface area contributed by atoms with Gasteiger partial charge in [-0.25, -0.2) is 0 Å². The fourth-order valence-corrected chi connectivity index (χ4v) is 2.07. The first kappa shape index (κ1) is 19.4. The number of carbonyl (C=O) groups excluding carboxylic acids is 2. The average molecular weight is 342 g/mol. The van der Waals surface area contributed by atoms with Crippen molar-refractivity contribution in [1.82, 2.24) is 5.32 Å². The number of morpholine rings is 1. The maximum atomic E-state index is 12.2. The van der Waals surface area contributed by atoms with E-state index in [4.69, 9.17) is 4.74 Å². The van der Waals surface area contributed by atoms with Crippen LogP contribution in [0.15, 0.2) is 18.2 Å². The number of hydrogen-bond acceptors (Lipinski definition) is 4. The first-order chi connectivity index (χ1) is 10.5. The van der Waals surface area contributed by atoms with Crippen LogP contribution in [-0.4, -0.2) is 37.6 Å². The Bertz CT molecular complexity index is 558. The first-order valence-corrected chi connectivity index (χ1v) is 7.52. The predicted octanol–water partition coefficient (Wildman–Crippen LogP) is 1.94. The summed E-state index contributed by atoms with van der Waals surface area (Å²) in [5.74, 6) is -0.329. The zero-order valence-corrected chi connectivity index (χ0v) is 14.5. The lowest BCUT2D eigenvalue weighted by molar-refractivity contribution is -0.128. The Hall–Kier alpha value is -1.63. The van der Waals surface area contributed by atoms with Crippen LogP contribution >= 0.6 is 12.4 Å². The SMILES string of the molecule is Cc1ccc(NC(=O)C(C)C)cc1NC(=O)C1CNCCO1.Cl. The smallest absolute Gasteiger partial charge is 0.254 e. The van der Waals surface area contributed by atoms with Gasteiger partial charge in [-0.15, -0.1) is 12.4 Å². The summed E-state index contributed by atoms with van der Waals surface area (Å²) in [6, 6.07) is 5.46. The maximum absolute atomic E-state index is 12.2. The molecule has 0 aromatic heterocycles. The van der Waals surface area contributed by atoms with E-state index in [2.05, 4.69) is 16.0 Å². The van der Waals surface area contributed by atoms with Gasteiger partial charge in [-0.2, -0.15) is 0 Å². The molecule has 128 valence electrons. The molecule has 1 aliphatic heterocycles. The van der Waals surface area contributed by atoms with Crippen molar-refractivity contribution in [2.24, 2.45) is 5.92 Å². The van der Waals surface area contributed by atoms with Gasteiger partial charge in [0.25, 0.3) is 5.91 Å². The summed E-state index contributed by atoms with van der Waals surface area (Å²) in [4.78, 5) is 23.9. The van der Waals surface area contributed by atoms with Gasteiger partial charge in [-0.3, -0.25) is 9.59 Å². The summed E-state index contributed by atoms with van der Waals surface area (Å²) in [6.45, 7) is 7.37. The molecule has 23 heavy (non-hydrogen) atoms. The normalized spacial score (nSPS) is 17.3. The fourth-order valence-electron chi connectivity index (χ4n) is 2.07. The van der Waals surface area contributed by atoms with Crippen molar-refractivity contribution < 1.29 is 14.3 Å². The van der Waals surface area contributed by atoms with Crippen LogP contribution in [0.1, 0.15) is 19.4 Å². The Morgan fingerprint density at radius 2 is 2.04 bits per heavy atom. The second-order valence-electron chi connectivity index (χ2n) is 5.73. The Labute approximate surface area is 142 Å². The Balaban J connectivity index is 0.00000264. The first-order valence-electron chi connectivity index (χ1n) is 7.52. The van der Waals surface area contributed by atoms with Crippen LogP contribution < -0.4 is 16.0 Å². The van der Waals surface area contributed by atoms with E-state index in [0.29, 0.717) is 24.5 Å². The van der Waals surface area contributed by atoms with E-state index < -0.39 is 6.10 Å². The number of rotatable bonds is 4. The van der Waals surface area contributed by atoms with E-state index >= 15 is 0 Å². The number of anilines is 2. The monoisotopic (exact) mass is 341 g/mol. The molecular formula is C16H24ClN3O3. The van der Waals surface area contributed by atoms with Gasteiger partial charge in [0.2, 0.25) is 5.91 Å². The van der Waals surface area contributed by atoms with E-state index in [1.807, 2.05) is 32.9 Å². The molecule has 0 saturated carbocycles. The van der Waals surface area contributed by atoms with Crippen LogP contribution in [0.25, 0.3) is 0 Å². The fraction of sp³-hybridized carbons (Fsp3) is 0.500. The molecule has 1 heterocycles. The minimum atomic E-state index is -0.484. The standard InChI is InChI=1S/C16H23N3O3.ClH/c1-10(2)15(20)18-12-5-4-11(3)13(8-12)19-16(21)14-9-17-6-7-22-14;/h4-5,8,10,14,17H,6-7,9H2,1-3H3,(H,18,20)(H,19,21);1H. The number of amides is 2. The van der Waals surface area contributed by atoms with Crippen LogP contribution in [0.2, 0.25) is 0 Å². The second kappa shape index (κ2) is 8.86. The summed E-state index contributed by atoms with van der Waals surface area (Å²) >= 11 is 0. The van der Waals surface area contributed by atoms with Crippen LogP contribution in [0.4, 0.5) is 11.4 Å². The molecular weight excluding hydrogens is 318 g/mol.